The zero-order chi connectivity index (χ0) is 13.8. The first-order valence-corrected chi connectivity index (χ1v) is 7.09. The molecule has 0 bridgehead atoms. The fourth-order valence-electron chi connectivity index (χ4n) is 2.24. The van der Waals surface area contributed by atoms with Gasteiger partial charge in [0, 0.05) is 26.2 Å². The van der Waals surface area contributed by atoms with Gasteiger partial charge in [0.1, 0.15) is 0 Å². The minimum Gasteiger partial charge on any atom is -0.383 e. The van der Waals surface area contributed by atoms with Crippen LogP contribution in [0.25, 0.3) is 0 Å². The maximum atomic E-state index is 9.04. The van der Waals surface area contributed by atoms with E-state index in [0.717, 1.165) is 45.5 Å². The van der Waals surface area contributed by atoms with E-state index in [1.54, 1.807) is 7.11 Å². The first kappa shape index (κ1) is 17.4. The Labute approximate surface area is 112 Å². The average molecular weight is 255 g/mol. The zero-order valence-corrected chi connectivity index (χ0v) is 12.4. The number of nitriles is 1. The lowest BCUT2D eigenvalue weighted by Gasteiger charge is -2.30. The van der Waals surface area contributed by atoms with Crippen LogP contribution in [0.5, 0.6) is 0 Å². The molecule has 0 saturated carbocycles. The lowest BCUT2D eigenvalue weighted by Crippen LogP contribution is -2.40. The molecule has 0 rings (SSSR count). The summed E-state index contributed by atoms with van der Waals surface area (Å²) < 4.78 is 5.17. The molecule has 0 radical (unpaired) electrons. The summed E-state index contributed by atoms with van der Waals surface area (Å²) in [6.07, 6.45) is 3.18. The first-order valence-electron chi connectivity index (χ1n) is 7.09. The Balaban J connectivity index is 4.25. The molecule has 0 aromatic heterocycles. The average Bonchev–Trinajstić information content (AvgIpc) is 2.40. The standard InChI is InChI=1S/C14H29N3O/c1-5-14(6-2)17(10-11-18-4)9-8-13(12-15)16-7-3/h13-14,16H,5-11H2,1-4H3. The molecule has 0 fully saturated rings. The molecule has 0 heterocycles. The first-order chi connectivity index (χ1) is 8.73. The van der Waals surface area contributed by atoms with Crippen LogP contribution < -0.4 is 5.32 Å². The lowest BCUT2D eigenvalue weighted by molar-refractivity contribution is 0.113. The number of hydrogen-bond acceptors (Lipinski definition) is 4. The summed E-state index contributed by atoms with van der Waals surface area (Å²) in [4.78, 5) is 2.45. The van der Waals surface area contributed by atoms with E-state index in [2.05, 4.69) is 30.1 Å². The van der Waals surface area contributed by atoms with Crippen molar-refractivity contribution in [3.8, 4) is 6.07 Å². The van der Waals surface area contributed by atoms with Gasteiger partial charge in [0.05, 0.1) is 18.7 Å². The van der Waals surface area contributed by atoms with E-state index in [0.29, 0.717) is 6.04 Å². The molecular formula is C14H29N3O. The van der Waals surface area contributed by atoms with Crippen molar-refractivity contribution in [1.29, 1.82) is 5.26 Å². The summed E-state index contributed by atoms with van der Waals surface area (Å²) >= 11 is 0. The third-order valence-electron chi connectivity index (χ3n) is 3.35. The Morgan fingerprint density at radius 1 is 1.22 bits per heavy atom. The van der Waals surface area contributed by atoms with Gasteiger partial charge >= 0.3 is 0 Å². The molecule has 1 N–H and O–H groups in total. The second kappa shape index (κ2) is 11.5. The summed E-state index contributed by atoms with van der Waals surface area (Å²) in [6, 6.07) is 2.89. The van der Waals surface area contributed by atoms with E-state index in [-0.39, 0.29) is 6.04 Å². The number of rotatable bonds is 11. The van der Waals surface area contributed by atoms with Crippen LogP contribution in [0.15, 0.2) is 0 Å². The molecule has 1 atom stereocenters. The third kappa shape index (κ3) is 6.95. The van der Waals surface area contributed by atoms with Crippen LogP contribution in [-0.2, 0) is 4.74 Å². The molecule has 0 aliphatic rings. The topological polar surface area (TPSA) is 48.3 Å². The SMILES string of the molecule is CCNC(C#N)CCN(CCOC)C(CC)CC. The van der Waals surface area contributed by atoms with Gasteiger partial charge in [-0.1, -0.05) is 20.8 Å². The van der Waals surface area contributed by atoms with Gasteiger partial charge in [-0.25, -0.2) is 0 Å². The minimum absolute atomic E-state index is 0.0330. The van der Waals surface area contributed by atoms with Gasteiger partial charge in [-0.15, -0.1) is 0 Å². The highest BCUT2D eigenvalue weighted by molar-refractivity contribution is 4.90. The van der Waals surface area contributed by atoms with Crippen LogP contribution in [0.1, 0.15) is 40.0 Å². The normalized spacial score (nSPS) is 12.9. The van der Waals surface area contributed by atoms with Crippen molar-refractivity contribution in [2.75, 3.05) is 33.4 Å². The number of nitrogens with zero attached hydrogens (tertiary/aromatic N) is 2. The van der Waals surface area contributed by atoms with Crippen LogP contribution in [0.4, 0.5) is 0 Å². The lowest BCUT2D eigenvalue weighted by atomic mass is 10.1. The van der Waals surface area contributed by atoms with Crippen molar-refractivity contribution in [2.45, 2.75) is 52.1 Å². The molecule has 0 aromatic carbocycles. The molecule has 0 aromatic rings. The molecule has 0 saturated heterocycles. The van der Waals surface area contributed by atoms with Gasteiger partial charge in [0.15, 0.2) is 0 Å². The van der Waals surface area contributed by atoms with Crippen LogP contribution in [0.2, 0.25) is 0 Å². The van der Waals surface area contributed by atoms with E-state index in [1.807, 2.05) is 6.92 Å². The molecule has 4 nitrogen and oxygen atoms in total. The quantitative estimate of drug-likeness (QED) is 0.613. The number of ether oxygens (including phenoxy) is 1. The largest absolute Gasteiger partial charge is 0.383 e. The van der Waals surface area contributed by atoms with E-state index in [9.17, 15) is 0 Å². The molecular weight excluding hydrogens is 226 g/mol. The van der Waals surface area contributed by atoms with Crippen LogP contribution in [0.3, 0.4) is 0 Å². The van der Waals surface area contributed by atoms with Gasteiger partial charge in [-0.3, -0.25) is 4.90 Å². The maximum Gasteiger partial charge on any atom is 0.0965 e. The number of hydrogen-bond donors (Lipinski definition) is 1. The summed E-state index contributed by atoms with van der Waals surface area (Å²) in [6.45, 7) is 10.00. The minimum atomic E-state index is -0.0330. The van der Waals surface area contributed by atoms with E-state index < -0.39 is 0 Å². The van der Waals surface area contributed by atoms with E-state index >= 15 is 0 Å². The van der Waals surface area contributed by atoms with Crippen molar-refractivity contribution in [2.24, 2.45) is 0 Å². The molecule has 0 amide bonds. The second-order valence-electron chi connectivity index (χ2n) is 4.53. The number of methoxy groups -OCH3 is 1. The van der Waals surface area contributed by atoms with Gasteiger partial charge in [-0.2, -0.15) is 5.26 Å². The molecule has 18 heavy (non-hydrogen) atoms. The molecule has 106 valence electrons. The van der Waals surface area contributed by atoms with Gasteiger partial charge < -0.3 is 10.1 Å². The van der Waals surface area contributed by atoms with Crippen molar-refractivity contribution < 1.29 is 4.74 Å². The Morgan fingerprint density at radius 3 is 2.33 bits per heavy atom. The van der Waals surface area contributed by atoms with Crippen LogP contribution in [-0.4, -0.2) is 50.3 Å². The Bertz CT molecular complexity index is 224. The van der Waals surface area contributed by atoms with Crippen LogP contribution in [0, 0.1) is 11.3 Å². The predicted octanol–water partition coefficient (Wildman–Crippen LogP) is 2.02. The van der Waals surface area contributed by atoms with Gasteiger partial charge in [-0.05, 0) is 25.8 Å². The highest BCUT2D eigenvalue weighted by atomic mass is 16.5. The fourth-order valence-corrected chi connectivity index (χ4v) is 2.24. The van der Waals surface area contributed by atoms with Crippen molar-refractivity contribution >= 4 is 0 Å². The van der Waals surface area contributed by atoms with E-state index in [1.165, 1.54) is 0 Å². The molecule has 4 heteroatoms. The fraction of sp³-hybridized carbons (Fsp3) is 0.929. The Morgan fingerprint density at radius 2 is 1.89 bits per heavy atom. The third-order valence-corrected chi connectivity index (χ3v) is 3.35. The molecule has 0 aliphatic heterocycles. The summed E-state index contributed by atoms with van der Waals surface area (Å²) in [7, 11) is 1.74. The van der Waals surface area contributed by atoms with Gasteiger partial charge in [0.25, 0.3) is 0 Å². The Kier molecular flexibility index (Phi) is 11.1. The van der Waals surface area contributed by atoms with Crippen LogP contribution >= 0.6 is 0 Å². The summed E-state index contributed by atoms with van der Waals surface area (Å²) in [5.41, 5.74) is 0. The van der Waals surface area contributed by atoms with Gasteiger partial charge in [0.2, 0.25) is 0 Å². The highest BCUT2D eigenvalue weighted by Gasteiger charge is 2.16. The van der Waals surface area contributed by atoms with Crippen molar-refractivity contribution in [3.05, 3.63) is 0 Å². The second-order valence-corrected chi connectivity index (χ2v) is 4.53. The maximum absolute atomic E-state index is 9.04. The smallest absolute Gasteiger partial charge is 0.0965 e. The summed E-state index contributed by atoms with van der Waals surface area (Å²) in [5, 5.41) is 12.2. The van der Waals surface area contributed by atoms with E-state index in [4.69, 9.17) is 10.00 Å². The van der Waals surface area contributed by atoms with Crippen molar-refractivity contribution in [3.63, 3.8) is 0 Å². The molecule has 1 unspecified atom stereocenters. The zero-order valence-electron chi connectivity index (χ0n) is 12.4. The molecule has 0 spiro atoms. The number of nitrogens with one attached hydrogen (secondary N) is 1. The summed E-state index contributed by atoms with van der Waals surface area (Å²) in [5.74, 6) is 0. The Hall–Kier alpha value is -0.630. The predicted molar refractivity (Wildman–Crippen MR) is 75.5 cm³/mol. The monoisotopic (exact) mass is 255 g/mol. The molecule has 0 aliphatic carbocycles. The highest BCUT2D eigenvalue weighted by Crippen LogP contribution is 2.09. The van der Waals surface area contributed by atoms with Crippen molar-refractivity contribution in [1.82, 2.24) is 10.2 Å².